The Morgan fingerprint density at radius 2 is 1.75 bits per heavy atom. The molecule has 5 heteroatoms. The van der Waals surface area contributed by atoms with E-state index in [-0.39, 0.29) is 5.82 Å². The molecule has 0 amide bonds. The van der Waals surface area contributed by atoms with Gasteiger partial charge in [0.15, 0.2) is 0 Å². The van der Waals surface area contributed by atoms with Crippen LogP contribution in [0.1, 0.15) is 21.5 Å². The minimum Gasteiger partial charge on any atom is -0.496 e. The summed E-state index contributed by atoms with van der Waals surface area (Å²) < 4.78 is 33.0. The number of methoxy groups -OCH3 is 1. The van der Waals surface area contributed by atoms with Crippen molar-refractivity contribution in [3.05, 3.63) is 63.1 Å². The molecule has 1 nitrogen and oxygen atoms in total. The van der Waals surface area contributed by atoms with Crippen molar-refractivity contribution in [2.45, 2.75) is 11.8 Å². The highest BCUT2D eigenvalue weighted by molar-refractivity contribution is 9.10. The lowest BCUT2D eigenvalue weighted by atomic mass is 10.0. The van der Waals surface area contributed by atoms with Crippen LogP contribution >= 0.6 is 31.9 Å². The summed E-state index contributed by atoms with van der Waals surface area (Å²) in [6.07, 6.45) is 0. The highest BCUT2D eigenvalue weighted by Crippen LogP contribution is 2.40. The first kappa shape index (κ1) is 15.4. The minimum atomic E-state index is -0.422. The van der Waals surface area contributed by atoms with Gasteiger partial charge in [-0.05, 0) is 35.0 Å². The maximum Gasteiger partial charge on any atom is 0.141 e. The van der Waals surface area contributed by atoms with Crippen LogP contribution in [-0.4, -0.2) is 7.11 Å². The van der Waals surface area contributed by atoms with Crippen LogP contribution in [-0.2, 0) is 0 Å². The van der Waals surface area contributed by atoms with Gasteiger partial charge in [-0.15, -0.1) is 0 Å². The Balaban J connectivity index is 2.55. The molecule has 0 N–H and O–H groups in total. The van der Waals surface area contributed by atoms with Crippen LogP contribution in [0.25, 0.3) is 0 Å². The number of alkyl halides is 1. The average molecular weight is 406 g/mol. The molecule has 0 saturated carbocycles. The molecule has 0 heterocycles. The second-order valence-corrected chi connectivity index (χ2v) is 6.17. The summed E-state index contributed by atoms with van der Waals surface area (Å²) in [5, 5.41) is 0. The van der Waals surface area contributed by atoms with Crippen LogP contribution in [0.15, 0.2) is 34.8 Å². The fourth-order valence-electron chi connectivity index (χ4n) is 1.94. The lowest BCUT2D eigenvalue weighted by molar-refractivity contribution is 0.406. The zero-order valence-electron chi connectivity index (χ0n) is 10.9. The van der Waals surface area contributed by atoms with Gasteiger partial charge in [-0.2, -0.15) is 0 Å². The van der Waals surface area contributed by atoms with Crippen LogP contribution in [0, 0.1) is 18.6 Å². The predicted octanol–water partition coefficient (Wildman–Crippen LogP) is 5.53. The molecule has 0 aliphatic heterocycles. The van der Waals surface area contributed by atoms with E-state index in [1.807, 2.05) is 6.92 Å². The zero-order valence-corrected chi connectivity index (χ0v) is 14.1. The van der Waals surface area contributed by atoms with E-state index in [0.717, 1.165) is 5.56 Å². The third-order valence-electron chi connectivity index (χ3n) is 2.97. The van der Waals surface area contributed by atoms with Crippen LogP contribution in [0.4, 0.5) is 8.78 Å². The standard InChI is InChI=1S/C15H12Br2F2O/c1-8-3-4-12(18)9(5-8)15(17)10-6-11(16)13(19)7-14(10)20-2/h3-7,15H,1-2H3. The van der Waals surface area contributed by atoms with Gasteiger partial charge >= 0.3 is 0 Å². The summed E-state index contributed by atoms with van der Waals surface area (Å²) in [5.41, 5.74) is 2.10. The lowest BCUT2D eigenvalue weighted by Gasteiger charge is -2.16. The quantitative estimate of drug-likeness (QED) is 0.610. The van der Waals surface area contributed by atoms with Gasteiger partial charge in [0.05, 0.1) is 16.4 Å². The number of halogens is 4. The molecule has 2 aromatic rings. The average Bonchev–Trinajstić information content (AvgIpc) is 2.43. The van der Waals surface area contributed by atoms with E-state index in [1.165, 1.54) is 19.2 Å². The molecule has 2 rings (SSSR count). The van der Waals surface area contributed by atoms with Crippen molar-refractivity contribution in [3.63, 3.8) is 0 Å². The van der Waals surface area contributed by atoms with Gasteiger partial charge in [0, 0.05) is 17.2 Å². The smallest absolute Gasteiger partial charge is 0.141 e. The lowest BCUT2D eigenvalue weighted by Crippen LogP contribution is -2.01. The van der Waals surface area contributed by atoms with Gasteiger partial charge in [-0.1, -0.05) is 33.6 Å². The molecule has 0 aliphatic rings. The molecule has 0 fully saturated rings. The molecule has 2 aromatic carbocycles. The van der Waals surface area contributed by atoms with Gasteiger partial charge in [-0.25, -0.2) is 8.78 Å². The van der Waals surface area contributed by atoms with E-state index >= 15 is 0 Å². The molecule has 0 aliphatic carbocycles. The molecule has 20 heavy (non-hydrogen) atoms. The topological polar surface area (TPSA) is 9.23 Å². The third-order valence-corrected chi connectivity index (χ3v) is 4.56. The number of hydrogen-bond donors (Lipinski definition) is 0. The minimum absolute atomic E-state index is 0.311. The van der Waals surface area contributed by atoms with Crippen LogP contribution < -0.4 is 4.74 Å². The Hall–Kier alpha value is -0.940. The maximum atomic E-state index is 14.0. The summed E-state index contributed by atoms with van der Waals surface area (Å²) in [6.45, 7) is 1.89. The normalized spacial score (nSPS) is 12.3. The van der Waals surface area contributed by atoms with Crippen molar-refractivity contribution >= 4 is 31.9 Å². The molecule has 0 spiro atoms. The van der Waals surface area contributed by atoms with Gasteiger partial charge < -0.3 is 4.74 Å². The Bertz CT molecular complexity index is 644. The Labute approximate surface area is 133 Å². The number of hydrogen-bond acceptors (Lipinski definition) is 1. The Morgan fingerprint density at radius 3 is 2.40 bits per heavy atom. The van der Waals surface area contributed by atoms with Crippen LogP contribution in [0.2, 0.25) is 0 Å². The maximum absolute atomic E-state index is 14.0. The van der Waals surface area contributed by atoms with Crippen molar-refractivity contribution in [2.75, 3.05) is 7.11 Å². The highest BCUT2D eigenvalue weighted by atomic mass is 79.9. The SMILES string of the molecule is COc1cc(F)c(Br)cc1C(Br)c1cc(C)ccc1F. The Kier molecular flexibility index (Phi) is 4.81. The van der Waals surface area contributed by atoms with E-state index in [9.17, 15) is 8.78 Å². The molecular formula is C15H12Br2F2O. The second-order valence-electron chi connectivity index (χ2n) is 4.40. The van der Waals surface area contributed by atoms with E-state index in [0.29, 0.717) is 21.3 Å². The van der Waals surface area contributed by atoms with Crippen molar-refractivity contribution in [1.82, 2.24) is 0 Å². The summed E-state index contributed by atoms with van der Waals surface area (Å²) in [4.78, 5) is -0.422. The summed E-state index contributed by atoms with van der Waals surface area (Å²) >= 11 is 6.60. The first-order valence-electron chi connectivity index (χ1n) is 5.87. The van der Waals surface area contributed by atoms with Gasteiger partial charge in [0.25, 0.3) is 0 Å². The van der Waals surface area contributed by atoms with Crippen molar-refractivity contribution < 1.29 is 13.5 Å². The first-order chi connectivity index (χ1) is 9.43. The number of benzene rings is 2. The molecule has 0 bridgehead atoms. The monoisotopic (exact) mass is 404 g/mol. The molecular weight excluding hydrogens is 394 g/mol. The van der Waals surface area contributed by atoms with E-state index in [2.05, 4.69) is 31.9 Å². The third kappa shape index (κ3) is 3.04. The van der Waals surface area contributed by atoms with Gasteiger partial charge in [0.2, 0.25) is 0 Å². The fraction of sp³-hybridized carbons (Fsp3) is 0.200. The van der Waals surface area contributed by atoms with Crippen LogP contribution in [0.3, 0.4) is 0 Å². The van der Waals surface area contributed by atoms with Gasteiger partial charge in [0.1, 0.15) is 17.4 Å². The number of ether oxygens (including phenoxy) is 1. The number of rotatable bonds is 3. The second kappa shape index (κ2) is 6.22. The highest BCUT2D eigenvalue weighted by Gasteiger charge is 2.20. The zero-order chi connectivity index (χ0) is 14.9. The van der Waals surface area contributed by atoms with Gasteiger partial charge in [-0.3, -0.25) is 0 Å². The van der Waals surface area contributed by atoms with E-state index < -0.39 is 10.6 Å². The van der Waals surface area contributed by atoms with E-state index in [1.54, 1.807) is 18.2 Å². The predicted molar refractivity (Wildman–Crippen MR) is 82.6 cm³/mol. The molecule has 1 unspecified atom stereocenters. The van der Waals surface area contributed by atoms with Crippen molar-refractivity contribution in [3.8, 4) is 5.75 Å². The molecule has 0 aromatic heterocycles. The summed E-state index contributed by atoms with van der Waals surface area (Å²) in [5.74, 6) is -0.372. The van der Waals surface area contributed by atoms with E-state index in [4.69, 9.17) is 4.74 Å². The van der Waals surface area contributed by atoms with Crippen LogP contribution in [0.5, 0.6) is 5.75 Å². The molecule has 106 valence electrons. The molecule has 0 radical (unpaired) electrons. The van der Waals surface area contributed by atoms with Crippen molar-refractivity contribution in [2.24, 2.45) is 0 Å². The Morgan fingerprint density at radius 1 is 1.05 bits per heavy atom. The summed E-state index contributed by atoms with van der Waals surface area (Å²) in [6, 6.07) is 7.75. The number of aryl methyl sites for hydroxylation is 1. The fourth-order valence-corrected chi connectivity index (χ4v) is 3.01. The molecule has 0 saturated heterocycles. The largest absolute Gasteiger partial charge is 0.496 e. The summed E-state index contributed by atoms with van der Waals surface area (Å²) in [7, 11) is 1.46. The first-order valence-corrected chi connectivity index (χ1v) is 7.58. The van der Waals surface area contributed by atoms with Crippen molar-refractivity contribution in [1.29, 1.82) is 0 Å². The molecule has 1 atom stereocenters.